The fourth-order valence-electron chi connectivity index (χ4n) is 2.31. The van der Waals surface area contributed by atoms with E-state index in [1.54, 1.807) is 19.1 Å². The van der Waals surface area contributed by atoms with E-state index in [1.807, 2.05) is 30.3 Å². The molecule has 0 aliphatic rings. The highest BCUT2D eigenvalue weighted by atomic mass is 35.5. The first-order valence-electron chi connectivity index (χ1n) is 7.25. The van der Waals surface area contributed by atoms with Crippen molar-refractivity contribution < 1.29 is 13.5 Å². The molecule has 1 heterocycles. The summed E-state index contributed by atoms with van der Waals surface area (Å²) in [4.78, 5) is 0.698. The van der Waals surface area contributed by atoms with Gasteiger partial charge in [0.1, 0.15) is 10.5 Å². The monoisotopic (exact) mass is 381 g/mol. The summed E-state index contributed by atoms with van der Waals surface area (Å²) in [6.45, 7) is 1.44. The summed E-state index contributed by atoms with van der Waals surface area (Å²) in [5.74, 6) is 0. The topological polar surface area (TPSA) is 66.4 Å². The number of thiophene rings is 1. The van der Waals surface area contributed by atoms with Crippen molar-refractivity contribution in [1.29, 1.82) is 0 Å². The van der Waals surface area contributed by atoms with Gasteiger partial charge in [-0.1, -0.05) is 41.9 Å². The maximum atomic E-state index is 12.4. The molecule has 2 aromatic carbocycles. The Morgan fingerprint density at radius 3 is 2.54 bits per heavy atom. The van der Waals surface area contributed by atoms with Crippen LogP contribution in [0.5, 0.6) is 0 Å². The summed E-state index contributed by atoms with van der Waals surface area (Å²) in [5.41, 5.74) is -1.32. The third kappa shape index (κ3) is 3.48. The molecule has 24 heavy (non-hydrogen) atoms. The van der Waals surface area contributed by atoms with Crippen LogP contribution in [0.3, 0.4) is 0 Å². The molecule has 0 aliphatic heterocycles. The molecule has 0 radical (unpaired) electrons. The molecule has 0 spiro atoms. The number of rotatable bonds is 5. The molecule has 1 aromatic heterocycles. The molecule has 0 saturated heterocycles. The summed E-state index contributed by atoms with van der Waals surface area (Å²) in [6.07, 6.45) is 0. The predicted octanol–water partition coefficient (Wildman–Crippen LogP) is 3.74. The number of benzene rings is 2. The van der Waals surface area contributed by atoms with Gasteiger partial charge in [-0.2, -0.15) is 0 Å². The van der Waals surface area contributed by atoms with E-state index in [-0.39, 0.29) is 16.5 Å². The van der Waals surface area contributed by atoms with Gasteiger partial charge in [-0.05, 0) is 36.6 Å². The highest BCUT2D eigenvalue weighted by Crippen LogP contribution is 2.33. The van der Waals surface area contributed by atoms with Crippen molar-refractivity contribution in [2.45, 2.75) is 17.4 Å². The van der Waals surface area contributed by atoms with Crippen molar-refractivity contribution in [1.82, 2.24) is 4.72 Å². The molecule has 0 amide bonds. The SMILES string of the molecule is C[C@](O)(CNS(=O)(=O)c1ccccc1Cl)c1cc2ccccc2s1. The maximum Gasteiger partial charge on any atom is 0.242 e. The van der Waals surface area contributed by atoms with Gasteiger partial charge < -0.3 is 5.11 Å². The van der Waals surface area contributed by atoms with Gasteiger partial charge in [0.15, 0.2) is 0 Å². The number of sulfonamides is 1. The highest BCUT2D eigenvalue weighted by Gasteiger charge is 2.28. The average Bonchev–Trinajstić information content (AvgIpc) is 2.98. The average molecular weight is 382 g/mol. The zero-order valence-corrected chi connectivity index (χ0v) is 15.3. The Kier molecular flexibility index (Phi) is 4.68. The van der Waals surface area contributed by atoms with E-state index in [1.165, 1.54) is 23.5 Å². The molecular weight excluding hydrogens is 366 g/mol. The normalized spacial score (nSPS) is 14.6. The summed E-state index contributed by atoms with van der Waals surface area (Å²) in [5, 5.41) is 11.9. The fourth-order valence-corrected chi connectivity index (χ4v) is 5.07. The van der Waals surface area contributed by atoms with Crippen LogP contribution < -0.4 is 4.72 Å². The molecular formula is C17H16ClNO3S2. The van der Waals surface area contributed by atoms with Gasteiger partial charge in [0.05, 0.1) is 5.02 Å². The quantitative estimate of drug-likeness (QED) is 0.707. The van der Waals surface area contributed by atoms with Crippen LogP contribution in [0.2, 0.25) is 5.02 Å². The predicted molar refractivity (Wildman–Crippen MR) is 98.0 cm³/mol. The second kappa shape index (κ2) is 6.46. The number of hydrogen-bond acceptors (Lipinski definition) is 4. The van der Waals surface area contributed by atoms with Gasteiger partial charge in [0, 0.05) is 16.1 Å². The van der Waals surface area contributed by atoms with E-state index in [0.717, 1.165) is 10.1 Å². The van der Waals surface area contributed by atoms with E-state index >= 15 is 0 Å². The Morgan fingerprint density at radius 1 is 1.17 bits per heavy atom. The third-order valence-electron chi connectivity index (χ3n) is 3.69. The smallest absolute Gasteiger partial charge is 0.242 e. The molecule has 3 rings (SSSR count). The Bertz CT molecular complexity index is 947. The van der Waals surface area contributed by atoms with E-state index in [2.05, 4.69) is 4.72 Å². The van der Waals surface area contributed by atoms with E-state index < -0.39 is 15.6 Å². The van der Waals surface area contributed by atoms with Gasteiger partial charge in [-0.3, -0.25) is 0 Å². The minimum Gasteiger partial charge on any atom is -0.383 e. The van der Waals surface area contributed by atoms with Crippen LogP contribution in [0.1, 0.15) is 11.8 Å². The summed E-state index contributed by atoms with van der Waals surface area (Å²) < 4.78 is 28.3. The second-order valence-electron chi connectivity index (χ2n) is 5.68. The van der Waals surface area contributed by atoms with Gasteiger partial charge in [0.25, 0.3) is 0 Å². The fraction of sp³-hybridized carbons (Fsp3) is 0.176. The summed E-state index contributed by atoms with van der Waals surface area (Å²) in [7, 11) is -3.80. The molecule has 4 nitrogen and oxygen atoms in total. The zero-order valence-electron chi connectivity index (χ0n) is 12.9. The zero-order chi connectivity index (χ0) is 17.4. The van der Waals surface area contributed by atoms with Crippen molar-refractivity contribution in [3.8, 4) is 0 Å². The maximum absolute atomic E-state index is 12.4. The molecule has 3 aromatic rings. The summed E-state index contributed by atoms with van der Waals surface area (Å²) >= 11 is 7.39. The van der Waals surface area contributed by atoms with Crippen LogP contribution in [-0.2, 0) is 15.6 Å². The Morgan fingerprint density at radius 2 is 1.83 bits per heavy atom. The van der Waals surface area contributed by atoms with Crippen LogP contribution >= 0.6 is 22.9 Å². The van der Waals surface area contributed by atoms with Crippen LogP contribution in [0.15, 0.2) is 59.5 Å². The number of halogens is 1. The number of fused-ring (bicyclic) bond motifs is 1. The van der Waals surface area contributed by atoms with E-state index in [0.29, 0.717) is 4.88 Å². The van der Waals surface area contributed by atoms with Gasteiger partial charge in [-0.25, -0.2) is 13.1 Å². The first-order chi connectivity index (χ1) is 11.3. The third-order valence-corrected chi connectivity index (χ3v) is 6.96. The van der Waals surface area contributed by atoms with E-state index in [9.17, 15) is 13.5 Å². The lowest BCUT2D eigenvalue weighted by Gasteiger charge is -2.22. The molecule has 0 aliphatic carbocycles. The Hall–Kier alpha value is -1.44. The number of aliphatic hydroxyl groups is 1. The molecule has 1 atom stereocenters. The van der Waals surface area contributed by atoms with Crippen molar-refractivity contribution in [3.63, 3.8) is 0 Å². The molecule has 126 valence electrons. The van der Waals surface area contributed by atoms with Crippen LogP contribution in [0.4, 0.5) is 0 Å². The lowest BCUT2D eigenvalue weighted by atomic mass is 10.1. The van der Waals surface area contributed by atoms with Crippen LogP contribution in [0, 0.1) is 0 Å². The second-order valence-corrected chi connectivity index (χ2v) is 8.90. The van der Waals surface area contributed by atoms with Gasteiger partial charge >= 0.3 is 0 Å². The minimum atomic E-state index is -3.80. The van der Waals surface area contributed by atoms with Crippen LogP contribution in [0.25, 0.3) is 10.1 Å². The van der Waals surface area contributed by atoms with Crippen molar-refractivity contribution in [2.75, 3.05) is 6.54 Å². The molecule has 7 heteroatoms. The standard InChI is InChI=1S/C17H16ClNO3S2/c1-17(20,16-10-12-6-2-4-8-14(12)23-16)11-19-24(21,22)15-9-5-3-7-13(15)18/h2-10,19-20H,11H2,1H3/t17-/m0/s1. The summed E-state index contributed by atoms with van der Waals surface area (Å²) in [6, 6.07) is 15.9. The number of nitrogens with one attached hydrogen (secondary N) is 1. The van der Waals surface area contributed by atoms with Crippen molar-refractivity contribution in [3.05, 3.63) is 64.5 Å². The van der Waals surface area contributed by atoms with Crippen molar-refractivity contribution >= 4 is 43.0 Å². The molecule has 2 N–H and O–H groups in total. The lowest BCUT2D eigenvalue weighted by Crippen LogP contribution is -2.38. The minimum absolute atomic E-state index is 0.00110. The Balaban J connectivity index is 1.83. The van der Waals surface area contributed by atoms with Crippen molar-refractivity contribution in [2.24, 2.45) is 0 Å². The lowest BCUT2D eigenvalue weighted by molar-refractivity contribution is 0.0666. The van der Waals surface area contributed by atoms with Gasteiger partial charge in [-0.15, -0.1) is 11.3 Å². The van der Waals surface area contributed by atoms with E-state index in [4.69, 9.17) is 11.6 Å². The largest absolute Gasteiger partial charge is 0.383 e. The molecule has 0 fully saturated rings. The molecule has 0 saturated carbocycles. The highest BCUT2D eigenvalue weighted by molar-refractivity contribution is 7.89. The molecule has 0 bridgehead atoms. The Labute approximate surface area is 149 Å². The molecule has 0 unspecified atom stereocenters. The van der Waals surface area contributed by atoms with Gasteiger partial charge in [0.2, 0.25) is 10.0 Å². The van der Waals surface area contributed by atoms with Crippen LogP contribution in [-0.4, -0.2) is 20.1 Å². The first-order valence-corrected chi connectivity index (χ1v) is 9.93. The first kappa shape index (κ1) is 17.4. The number of hydrogen-bond donors (Lipinski definition) is 2.